The smallest absolute Gasteiger partial charge is 0.246 e. The minimum absolute atomic E-state index is 0.105. The number of hydrogen-bond donors (Lipinski definition) is 0. The fraction of sp³-hybridized carbons (Fsp3) is 0.286. The Kier molecular flexibility index (Phi) is 5.44. The van der Waals surface area contributed by atoms with E-state index in [9.17, 15) is 4.79 Å². The van der Waals surface area contributed by atoms with Gasteiger partial charge in [-0.1, -0.05) is 60.2 Å². The molecule has 1 aliphatic rings. The van der Waals surface area contributed by atoms with E-state index in [1.54, 1.807) is 6.08 Å². The standard InChI is InChI=1S/C21H24N2O/c1-18-7-9-20(10-8-18)17-22-13-15-23(16-14-22)21(24)12-11-19-5-3-2-4-6-19/h2-12H,13-17H2,1H3. The highest BCUT2D eigenvalue weighted by Crippen LogP contribution is 2.10. The van der Waals surface area contributed by atoms with Gasteiger partial charge in [-0.2, -0.15) is 0 Å². The fourth-order valence-electron chi connectivity index (χ4n) is 2.92. The van der Waals surface area contributed by atoms with Crippen LogP contribution in [0.5, 0.6) is 0 Å². The summed E-state index contributed by atoms with van der Waals surface area (Å²) >= 11 is 0. The summed E-state index contributed by atoms with van der Waals surface area (Å²) in [5.74, 6) is 0.105. The molecule has 0 radical (unpaired) electrons. The van der Waals surface area contributed by atoms with E-state index in [2.05, 4.69) is 36.1 Å². The molecule has 0 aromatic heterocycles. The molecule has 0 saturated carbocycles. The van der Waals surface area contributed by atoms with Crippen LogP contribution in [0, 0.1) is 6.92 Å². The number of nitrogens with zero attached hydrogens (tertiary/aromatic N) is 2. The zero-order chi connectivity index (χ0) is 16.8. The third kappa shape index (κ3) is 4.56. The average molecular weight is 320 g/mol. The predicted octanol–water partition coefficient (Wildman–Crippen LogP) is 3.35. The minimum Gasteiger partial charge on any atom is -0.337 e. The molecular formula is C21H24N2O. The minimum atomic E-state index is 0.105. The lowest BCUT2D eigenvalue weighted by Gasteiger charge is -2.34. The molecule has 124 valence electrons. The SMILES string of the molecule is Cc1ccc(CN2CCN(C(=O)C=Cc3ccccc3)CC2)cc1. The van der Waals surface area contributed by atoms with Crippen LogP contribution in [-0.2, 0) is 11.3 Å². The second kappa shape index (κ2) is 7.93. The molecule has 0 bridgehead atoms. The molecule has 3 nitrogen and oxygen atoms in total. The topological polar surface area (TPSA) is 23.6 Å². The van der Waals surface area contributed by atoms with Gasteiger partial charge < -0.3 is 4.90 Å². The maximum Gasteiger partial charge on any atom is 0.246 e. The third-order valence-electron chi connectivity index (χ3n) is 4.43. The van der Waals surface area contributed by atoms with E-state index >= 15 is 0 Å². The summed E-state index contributed by atoms with van der Waals surface area (Å²) in [4.78, 5) is 16.6. The van der Waals surface area contributed by atoms with E-state index in [4.69, 9.17) is 0 Å². The van der Waals surface area contributed by atoms with Gasteiger partial charge in [-0.3, -0.25) is 9.69 Å². The number of aryl methyl sites for hydroxylation is 1. The Labute approximate surface area is 144 Å². The Bertz CT molecular complexity index is 684. The number of carbonyl (C=O) groups excluding carboxylic acids is 1. The van der Waals surface area contributed by atoms with Gasteiger partial charge in [0.15, 0.2) is 0 Å². The maximum absolute atomic E-state index is 12.3. The van der Waals surface area contributed by atoms with E-state index in [0.29, 0.717) is 0 Å². The first-order valence-electron chi connectivity index (χ1n) is 8.51. The first-order chi connectivity index (χ1) is 11.7. The Hall–Kier alpha value is -2.39. The first-order valence-corrected chi connectivity index (χ1v) is 8.51. The van der Waals surface area contributed by atoms with Crippen LogP contribution in [0.4, 0.5) is 0 Å². The number of piperazine rings is 1. The maximum atomic E-state index is 12.3. The fourth-order valence-corrected chi connectivity index (χ4v) is 2.92. The molecular weight excluding hydrogens is 296 g/mol. The molecule has 0 spiro atoms. The molecule has 0 N–H and O–H groups in total. The van der Waals surface area contributed by atoms with Gasteiger partial charge in [-0.05, 0) is 24.1 Å². The van der Waals surface area contributed by atoms with Crippen LogP contribution in [0.15, 0.2) is 60.7 Å². The van der Waals surface area contributed by atoms with Crippen molar-refractivity contribution >= 4 is 12.0 Å². The second-order valence-corrected chi connectivity index (χ2v) is 6.33. The monoisotopic (exact) mass is 320 g/mol. The van der Waals surface area contributed by atoms with Gasteiger partial charge >= 0.3 is 0 Å². The van der Waals surface area contributed by atoms with E-state index in [-0.39, 0.29) is 5.91 Å². The molecule has 1 aliphatic heterocycles. The first kappa shape index (κ1) is 16.5. The molecule has 1 heterocycles. The summed E-state index contributed by atoms with van der Waals surface area (Å²) in [6.45, 7) is 6.52. The van der Waals surface area contributed by atoms with Crippen LogP contribution < -0.4 is 0 Å². The zero-order valence-corrected chi connectivity index (χ0v) is 14.2. The summed E-state index contributed by atoms with van der Waals surface area (Å²) in [5.41, 5.74) is 3.69. The molecule has 0 unspecified atom stereocenters. The largest absolute Gasteiger partial charge is 0.337 e. The van der Waals surface area contributed by atoms with Crippen molar-refractivity contribution in [3.63, 3.8) is 0 Å². The van der Waals surface area contributed by atoms with E-state index in [0.717, 1.165) is 38.3 Å². The Morgan fingerprint density at radius 2 is 1.62 bits per heavy atom. The highest BCUT2D eigenvalue weighted by atomic mass is 16.2. The van der Waals surface area contributed by atoms with Gasteiger partial charge in [-0.25, -0.2) is 0 Å². The van der Waals surface area contributed by atoms with Crippen molar-refractivity contribution in [1.29, 1.82) is 0 Å². The number of rotatable bonds is 4. The summed E-state index contributed by atoms with van der Waals surface area (Å²) in [5, 5.41) is 0. The molecule has 3 heteroatoms. The van der Waals surface area contributed by atoms with E-state index in [1.807, 2.05) is 41.3 Å². The highest BCUT2D eigenvalue weighted by Gasteiger charge is 2.19. The van der Waals surface area contributed by atoms with Crippen molar-refractivity contribution in [3.8, 4) is 0 Å². The molecule has 3 rings (SSSR count). The van der Waals surface area contributed by atoms with Crippen molar-refractivity contribution in [2.45, 2.75) is 13.5 Å². The summed E-state index contributed by atoms with van der Waals surface area (Å²) in [6.07, 6.45) is 3.58. The van der Waals surface area contributed by atoms with Crippen LogP contribution in [0.1, 0.15) is 16.7 Å². The third-order valence-corrected chi connectivity index (χ3v) is 4.43. The number of hydrogen-bond acceptors (Lipinski definition) is 2. The molecule has 1 amide bonds. The van der Waals surface area contributed by atoms with Gasteiger partial charge in [0.2, 0.25) is 5.91 Å². The van der Waals surface area contributed by atoms with E-state index in [1.165, 1.54) is 11.1 Å². The van der Waals surface area contributed by atoms with Crippen molar-refractivity contribution in [1.82, 2.24) is 9.80 Å². The van der Waals surface area contributed by atoms with Gasteiger partial charge in [0.05, 0.1) is 0 Å². The summed E-state index contributed by atoms with van der Waals surface area (Å²) in [7, 11) is 0. The molecule has 1 saturated heterocycles. The van der Waals surface area contributed by atoms with Crippen LogP contribution >= 0.6 is 0 Å². The van der Waals surface area contributed by atoms with Crippen molar-refractivity contribution in [2.75, 3.05) is 26.2 Å². The number of amides is 1. The Morgan fingerprint density at radius 3 is 2.29 bits per heavy atom. The number of benzene rings is 2. The van der Waals surface area contributed by atoms with Gasteiger partial charge in [-0.15, -0.1) is 0 Å². The van der Waals surface area contributed by atoms with Crippen molar-refractivity contribution < 1.29 is 4.79 Å². The average Bonchev–Trinajstić information content (AvgIpc) is 2.63. The molecule has 1 fully saturated rings. The molecule has 24 heavy (non-hydrogen) atoms. The summed E-state index contributed by atoms with van der Waals surface area (Å²) in [6, 6.07) is 18.6. The van der Waals surface area contributed by atoms with Crippen LogP contribution in [-0.4, -0.2) is 41.9 Å². The molecule has 2 aromatic carbocycles. The second-order valence-electron chi connectivity index (χ2n) is 6.33. The Morgan fingerprint density at radius 1 is 0.958 bits per heavy atom. The van der Waals surface area contributed by atoms with Crippen LogP contribution in [0.2, 0.25) is 0 Å². The van der Waals surface area contributed by atoms with Crippen LogP contribution in [0.3, 0.4) is 0 Å². The van der Waals surface area contributed by atoms with Crippen molar-refractivity contribution in [2.24, 2.45) is 0 Å². The summed E-state index contributed by atoms with van der Waals surface area (Å²) < 4.78 is 0. The van der Waals surface area contributed by atoms with Crippen molar-refractivity contribution in [3.05, 3.63) is 77.4 Å². The molecule has 2 aromatic rings. The zero-order valence-electron chi connectivity index (χ0n) is 14.2. The highest BCUT2D eigenvalue weighted by molar-refractivity contribution is 5.91. The number of carbonyl (C=O) groups is 1. The Balaban J connectivity index is 1.48. The lowest BCUT2D eigenvalue weighted by Crippen LogP contribution is -2.47. The van der Waals surface area contributed by atoms with Gasteiger partial charge in [0.25, 0.3) is 0 Å². The van der Waals surface area contributed by atoms with Gasteiger partial charge in [0.1, 0.15) is 0 Å². The van der Waals surface area contributed by atoms with Crippen LogP contribution in [0.25, 0.3) is 6.08 Å². The van der Waals surface area contributed by atoms with Gasteiger partial charge in [0, 0.05) is 38.8 Å². The lowest BCUT2D eigenvalue weighted by molar-refractivity contribution is -0.127. The lowest BCUT2D eigenvalue weighted by atomic mass is 10.1. The predicted molar refractivity (Wildman–Crippen MR) is 98.5 cm³/mol. The van der Waals surface area contributed by atoms with E-state index < -0.39 is 0 Å². The normalized spacial score (nSPS) is 15.8. The quantitative estimate of drug-likeness (QED) is 0.807. The molecule has 0 aliphatic carbocycles. The molecule has 0 atom stereocenters.